The molecule has 4 aliphatic heterocycles. The van der Waals surface area contributed by atoms with Crippen LogP contribution in [0.15, 0.2) is 131 Å². The minimum atomic E-state index is -1.19. The number of nitrogens with two attached hydrogens (primary N) is 3. The summed E-state index contributed by atoms with van der Waals surface area (Å²) in [6.07, 6.45) is 9.84. The number of benzene rings is 4. The predicted molar refractivity (Wildman–Crippen MR) is 403 cm³/mol. The molecule has 4 atom stereocenters. The molecule has 4 aromatic heterocycles. The summed E-state index contributed by atoms with van der Waals surface area (Å²) in [5, 5.41) is 27.5. The van der Waals surface area contributed by atoms with Crippen LogP contribution in [0.2, 0.25) is 0 Å². The fraction of sp³-hybridized carbons (Fsp3) is 0.421. The number of aryl methyl sites for hydroxylation is 2. The number of carbonyl (C=O) groups is 8. The van der Waals surface area contributed by atoms with E-state index in [4.69, 9.17) is 16.6 Å². The highest BCUT2D eigenvalue weighted by Crippen LogP contribution is 2.44. The van der Waals surface area contributed by atoms with Gasteiger partial charge in [-0.2, -0.15) is 22.7 Å². The zero-order valence-corrected chi connectivity index (χ0v) is 61.4. The third-order valence-electron chi connectivity index (χ3n) is 18.4. The van der Waals surface area contributed by atoms with E-state index in [0.717, 1.165) is 117 Å². The molecule has 24 heteroatoms. The van der Waals surface area contributed by atoms with Crippen molar-refractivity contribution in [2.45, 2.75) is 175 Å². The molecule has 4 aliphatic rings. The summed E-state index contributed by atoms with van der Waals surface area (Å²) in [5.74, 6) is -2.70. The Hall–Kier alpha value is -8.06. The van der Waals surface area contributed by atoms with Crippen molar-refractivity contribution in [3.63, 3.8) is 0 Å². The molecule has 100 heavy (non-hydrogen) atoms. The summed E-state index contributed by atoms with van der Waals surface area (Å²) in [7, 11) is 0. The molecule has 8 heterocycles. The average Bonchev–Trinajstić information content (AvgIpc) is 0.856. The second-order valence-corrected chi connectivity index (χ2v) is 28.6. The summed E-state index contributed by atoms with van der Waals surface area (Å²) in [4.78, 5) is 116. The van der Waals surface area contributed by atoms with Gasteiger partial charge in [-0.25, -0.2) is 5.25 Å². The number of hydrogen-bond acceptors (Lipinski definition) is 14. The van der Waals surface area contributed by atoms with E-state index < -0.39 is 46.8 Å². The van der Waals surface area contributed by atoms with Crippen molar-refractivity contribution in [2.24, 2.45) is 28.6 Å². The van der Waals surface area contributed by atoms with Crippen LogP contribution in [0, 0.1) is 11.8 Å². The third-order valence-corrected chi connectivity index (χ3v) is 19.9. The fourth-order valence-electron chi connectivity index (χ4n) is 13.7. The maximum absolute atomic E-state index is 14.4. The number of para-hydroxylation sites is 4. The normalized spacial score (nSPS) is 16.5. The zero-order chi connectivity index (χ0) is 71.3. The molecule has 2 unspecified atom stereocenters. The fourth-order valence-corrected chi connectivity index (χ4v) is 15.0. The standard InChI is InChI=1S/2C37H43N5O4S.C2H6O.ClH2N.ClH/c2*1-4-15-40-22-27(28-10-5-6-11-30(28)40)19-29(39-36(46)37(2,3)38)32(43)20-26-18-25-9-7-12-31(41-16-8-13-33(41)44)34(25)42(35(26)45)21-24-14-17-47-23-24;1-2-3;1-2;/h2*5-7,9-12,14,17,22-23,26,29H,4,8,13,15-16,18-21,38H2,1-3H3,(H,39,46);3H,2H2,1H3;2H2;1H/t2*26?,29-;;;/m11.../s1. The Labute approximate surface area is 605 Å². The lowest BCUT2D eigenvalue weighted by Crippen LogP contribution is -2.55. The van der Waals surface area contributed by atoms with E-state index in [-0.39, 0.29) is 79.9 Å². The molecule has 0 bridgehead atoms. The van der Waals surface area contributed by atoms with Crippen molar-refractivity contribution in [3.05, 3.63) is 164 Å². The zero-order valence-electron chi connectivity index (χ0n) is 58.2. The first-order valence-electron chi connectivity index (χ1n) is 34.2. The van der Waals surface area contributed by atoms with Gasteiger partial charge in [0.1, 0.15) is 0 Å². The number of amides is 6. The highest BCUT2D eigenvalue weighted by atomic mass is 35.5. The van der Waals surface area contributed by atoms with E-state index in [1.807, 2.05) is 106 Å². The molecule has 9 N–H and O–H groups in total. The van der Waals surface area contributed by atoms with Gasteiger partial charge in [-0.1, -0.05) is 74.5 Å². The Morgan fingerprint density at radius 1 is 0.580 bits per heavy atom. The van der Waals surface area contributed by atoms with Crippen molar-refractivity contribution in [1.82, 2.24) is 19.8 Å². The van der Waals surface area contributed by atoms with E-state index in [1.54, 1.807) is 76.9 Å². The van der Waals surface area contributed by atoms with Crippen LogP contribution in [-0.2, 0) is 90.2 Å². The van der Waals surface area contributed by atoms with Crippen LogP contribution < -0.4 is 47.0 Å². The molecule has 0 saturated carbocycles. The Balaban J connectivity index is 0.000000237. The van der Waals surface area contributed by atoms with Crippen LogP contribution >= 0.6 is 46.9 Å². The largest absolute Gasteiger partial charge is 0.397 e. The van der Waals surface area contributed by atoms with Crippen LogP contribution in [0.3, 0.4) is 0 Å². The Morgan fingerprint density at radius 3 is 1.29 bits per heavy atom. The van der Waals surface area contributed by atoms with Gasteiger partial charge in [0.25, 0.3) is 0 Å². The second kappa shape index (κ2) is 35.0. The molecule has 0 spiro atoms. The molecule has 6 amide bonds. The van der Waals surface area contributed by atoms with E-state index in [1.165, 1.54) is 0 Å². The van der Waals surface area contributed by atoms with Gasteiger partial charge in [-0.3, -0.25) is 38.4 Å². The van der Waals surface area contributed by atoms with Gasteiger partial charge in [-0.15, -0.1) is 12.4 Å². The number of nitrogens with zero attached hydrogens (tertiary/aromatic N) is 6. The molecular formula is C76H95Cl2N11O9S2. The quantitative estimate of drug-likeness (QED) is 0.0308. The Morgan fingerprint density at radius 2 is 0.960 bits per heavy atom. The number of ketones is 2. The SMILES string of the molecule is CCCn1cc(C[C@@H](NC(=O)C(C)(C)N)C(=O)CC2Cc3cccc(N4CCCC4=O)c3N(Cc3ccsc3)C2=O)c2ccccc21.CCCn1cc(C[C@@H](NC(=O)C(C)(C)N)C(=O)CC2Cc3cccc(N4CCCC4=O)c3N(Cc3ccsc3)C2=O)c2ccccc21.CCO.Cl.NCl. The molecule has 20 nitrogen and oxygen atoms in total. The highest BCUT2D eigenvalue weighted by molar-refractivity contribution is 7.08. The molecule has 534 valence electrons. The monoisotopic (exact) mass is 1440 g/mol. The summed E-state index contributed by atoms with van der Waals surface area (Å²) in [6.45, 7) is 16.2. The third kappa shape index (κ3) is 18.2. The van der Waals surface area contributed by atoms with Gasteiger partial charge < -0.3 is 55.9 Å². The number of halogens is 2. The van der Waals surface area contributed by atoms with Gasteiger partial charge in [0.2, 0.25) is 35.4 Å². The van der Waals surface area contributed by atoms with E-state index in [2.05, 4.69) is 75.2 Å². The first kappa shape index (κ1) is 77.7. The maximum Gasteiger partial charge on any atom is 0.240 e. The van der Waals surface area contributed by atoms with Crippen molar-refractivity contribution >= 4 is 138 Å². The molecule has 12 rings (SSSR count). The van der Waals surface area contributed by atoms with Crippen LogP contribution in [-0.4, -0.2) is 104 Å². The summed E-state index contributed by atoms with van der Waals surface area (Å²) < 4.78 is 4.38. The highest BCUT2D eigenvalue weighted by Gasteiger charge is 2.42. The number of anilines is 4. The topological polar surface area (TPSA) is 282 Å². The van der Waals surface area contributed by atoms with Gasteiger partial charge in [0, 0.05) is 117 Å². The lowest BCUT2D eigenvalue weighted by atomic mass is 9.85. The first-order valence-corrected chi connectivity index (χ1v) is 36.5. The van der Waals surface area contributed by atoms with Gasteiger partial charge in [0.05, 0.1) is 59.0 Å². The number of aliphatic hydroxyl groups is 1. The molecule has 2 saturated heterocycles. The molecular weight excluding hydrogens is 1350 g/mol. The number of rotatable bonds is 24. The number of hydrogen-bond donors (Lipinski definition) is 6. The van der Waals surface area contributed by atoms with Crippen molar-refractivity contribution in [1.29, 1.82) is 0 Å². The van der Waals surface area contributed by atoms with Gasteiger partial charge >= 0.3 is 0 Å². The average molecular weight is 1440 g/mol. The smallest absolute Gasteiger partial charge is 0.240 e. The van der Waals surface area contributed by atoms with Gasteiger partial charge in [-0.05, 0) is 176 Å². The molecule has 0 radical (unpaired) electrons. The van der Waals surface area contributed by atoms with Crippen molar-refractivity contribution < 1.29 is 43.5 Å². The van der Waals surface area contributed by atoms with Crippen LogP contribution in [0.25, 0.3) is 21.8 Å². The lowest BCUT2D eigenvalue weighted by molar-refractivity contribution is -0.132. The summed E-state index contributed by atoms with van der Waals surface area (Å²) in [5.41, 5.74) is 20.9. The number of Topliss-reactive ketones (excluding diaryl/α,β-unsaturated/α-hetero) is 2. The van der Waals surface area contributed by atoms with Crippen LogP contribution in [0.4, 0.5) is 22.7 Å². The number of nitrogens with one attached hydrogen (secondary N) is 2. The van der Waals surface area contributed by atoms with E-state index in [9.17, 15) is 38.4 Å². The lowest BCUT2D eigenvalue weighted by Gasteiger charge is -2.37. The van der Waals surface area contributed by atoms with Crippen LogP contribution in [0.1, 0.15) is 133 Å². The molecule has 8 aromatic rings. The number of thiophene rings is 2. The predicted octanol–water partition coefficient (Wildman–Crippen LogP) is 11.3. The second-order valence-electron chi connectivity index (χ2n) is 27.1. The molecule has 0 aliphatic carbocycles. The van der Waals surface area contributed by atoms with Gasteiger partial charge in [0.15, 0.2) is 11.6 Å². The number of carbonyl (C=O) groups excluding carboxylic acids is 8. The molecule has 2 fully saturated rings. The summed E-state index contributed by atoms with van der Waals surface area (Å²) in [6, 6.07) is 30.1. The summed E-state index contributed by atoms with van der Waals surface area (Å²) >= 11 is 7.26. The maximum atomic E-state index is 14.4. The minimum Gasteiger partial charge on any atom is -0.397 e. The van der Waals surface area contributed by atoms with Crippen LogP contribution in [0.5, 0.6) is 0 Å². The Bertz CT molecular complexity index is 3910. The van der Waals surface area contributed by atoms with E-state index >= 15 is 0 Å². The number of aliphatic hydroxyl groups excluding tert-OH is 1. The first-order chi connectivity index (χ1) is 47.5. The van der Waals surface area contributed by atoms with E-state index in [0.29, 0.717) is 51.9 Å². The van der Waals surface area contributed by atoms with Crippen molar-refractivity contribution in [2.75, 3.05) is 39.3 Å². The van der Waals surface area contributed by atoms with Crippen molar-refractivity contribution in [3.8, 4) is 0 Å². The Kier molecular flexibility index (Phi) is 27.2. The minimum absolute atomic E-state index is 0. The molecule has 4 aromatic carbocycles. The number of aromatic nitrogens is 2. The number of fused-ring (bicyclic) bond motifs is 4.